The predicted octanol–water partition coefficient (Wildman–Crippen LogP) is 1.26. The van der Waals surface area contributed by atoms with Gasteiger partial charge in [0.15, 0.2) is 6.10 Å². The van der Waals surface area contributed by atoms with Gasteiger partial charge in [0.2, 0.25) is 0 Å². The number of carboxylic acids is 1. The molecule has 2 atom stereocenters. The summed E-state index contributed by atoms with van der Waals surface area (Å²) in [6, 6.07) is 0. The summed E-state index contributed by atoms with van der Waals surface area (Å²) < 4.78 is 4.92. The van der Waals surface area contributed by atoms with Gasteiger partial charge >= 0.3 is 5.97 Å². The number of carboxylic acid groups (broad SMARTS) is 1. The topological polar surface area (TPSA) is 46.5 Å². The molecule has 0 aliphatic heterocycles. The highest BCUT2D eigenvalue weighted by atomic mass is 79.9. The second-order valence-corrected chi connectivity index (χ2v) is 3.66. The maximum absolute atomic E-state index is 10.2. The number of rotatable bonds is 4. The molecule has 0 aliphatic rings. The average molecular weight is 211 g/mol. The highest BCUT2D eigenvalue weighted by molar-refractivity contribution is 9.09. The van der Waals surface area contributed by atoms with Crippen LogP contribution >= 0.6 is 15.9 Å². The van der Waals surface area contributed by atoms with Gasteiger partial charge in [-0.05, 0) is 6.92 Å². The molecule has 0 fully saturated rings. The number of ether oxygens (including phenoxy) is 1. The first-order valence-electron chi connectivity index (χ1n) is 3.02. The zero-order valence-electron chi connectivity index (χ0n) is 6.00. The lowest BCUT2D eigenvalue weighted by Crippen LogP contribution is -2.22. The molecule has 0 radical (unpaired) electrons. The standard InChI is InChI=1S/C6H11BrO3/c1-4(7)3-10-5(2)6(8)9/h4-5H,3H2,1-2H3,(H,8,9)/t4?,5-/m1/s1. The molecule has 0 spiro atoms. The molecule has 0 aromatic rings. The Kier molecular flexibility index (Phi) is 4.64. The van der Waals surface area contributed by atoms with Crippen LogP contribution in [0.4, 0.5) is 0 Å². The second kappa shape index (κ2) is 4.68. The molecule has 0 aromatic heterocycles. The van der Waals surface area contributed by atoms with Crippen LogP contribution in [0, 0.1) is 0 Å². The van der Waals surface area contributed by atoms with Gasteiger partial charge in [-0.3, -0.25) is 0 Å². The zero-order chi connectivity index (χ0) is 8.15. The lowest BCUT2D eigenvalue weighted by molar-refractivity contribution is -0.148. The lowest BCUT2D eigenvalue weighted by Gasteiger charge is -2.08. The molecule has 10 heavy (non-hydrogen) atoms. The van der Waals surface area contributed by atoms with E-state index >= 15 is 0 Å². The molecule has 0 heterocycles. The summed E-state index contributed by atoms with van der Waals surface area (Å²) in [5.41, 5.74) is 0. The number of hydrogen-bond acceptors (Lipinski definition) is 2. The van der Waals surface area contributed by atoms with Crippen molar-refractivity contribution in [3.8, 4) is 0 Å². The molecule has 0 saturated heterocycles. The van der Waals surface area contributed by atoms with Crippen LogP contribution in [0.2, 0.25) is 0 Å². The Labute approximate surface area is 68.5 Å². The fourth-order valence-electron chi connectivity index (χ4n) is 0.348. The predicted molar refractivity (Wildman–Crippen MR) is 41.4 cm³/mol. The first kappa shape index (κ1) is 9.91. The van der Waals surface area contributed by atoms with Crippen molar-refractivity contribution in [2.45, 2.75) is 24.8 Å². The van der Waals surface area contributed by atoms with Crippen molar-refractivity contribution in [2.75, 3.05) is 6.61 Å². The average Bonchev–Trinajstić information content (AvgIpc) is 1.82. The molecule has 0 aliphatic carbocycles. The molecule has 0 aromatic carbocycles. The van der Waals surface area contributed by atoms with Crippen LogP contribution in [0.5, 0.6) is 0 Å². The van der Waals surface area contributed by atoms with E-state index in [0.29, 0.717) is 6.61 Å². The fraction of sp³-hybridized carbons (Fsp3) is 0.833. The van der Waals surface area contributed by atoms with Gasteiger partial charge in [0.25, 0.3) is 0 Å². The first-order chi connectivity index (χ1) is 4.54. The van der Waals surface area contributed by atoms with Crippen molar-refractivity contribution in [3.05, 3.63) is 0 Å². The van der Waals surface area contributed by atoms with E-state index in [4.69, 9.17) is 9.84 Å². The molecule has 3 nitrogen and oxygen atoms in total. The zero-order valence-corrected chi connectivity index (χ0v) is 7.59. The Hall–Kier alpha value is -0.0900. The van der Waals surface area contributed by atoms with E-state index in [1.807, 2.05) is 6.92 Å². The van der Waals surface area contributed by atoms with Crippen LogP contribution in [0.25, 0.3) is 0 Å². The lowest BCUT2D eigenvalue weighted by atomic mass is 10.4. The minimum absolute atomic E-state index is 0.203. The van der Waals surface area contributed by atoms with Crippen molar-refractivity contribution in [1.29, 1.82) is 0 Å². The third-order valence-electron chi connectivity index (χ3n) is 0.924. The van der Waals surface area contributed by atoms with Crippen molar-refractivity contribution in [3.63, 3.8) is 0 Å². The number of hydrogen-bond donors (Lipinski definition) is 1. The van der Waals surface area contributed by atoms with Gasteiger partial charge in [0.05, 0.1) is 6.61 Å². The van der Waals surface area contributed by atoms with Gasteiger partial charge in [-0.1, -0.05) is 22.9 Å². The van der Waals surface area contributed by atoms with E-state index in [1.165, 1.54) is 6.92 Å². The Bertz CT molecular complexity index is 114. The molecule has 0 bridgehead atoms. The van der Waals surface area contributed by atoms with Crippen molar-refractivity contribution >= 4 is 21.9 Å². The molecule has 0 amide bonds. The van der Waals surface area contributed by atoms with Gasteiger partial charge in [-0.2, -0.15) is 0 Å². The number of carbonyl (C=O) groups is 1. The molecule has 60 valence electrons. The van der Waals surface area contributed by atoms with Crippen LogP contribution < -0.4 is 0 Å². The minimum Gasteiger partial charge on any atom is -0.479 e. The van der Waals surface area contributed by atoms with Gasteiger partial charge in [-0.25, -0.2) is 4.79 Å². The van der Waals surface area contributed by atoms with Gasteiger partial charge in [0, 0.05) is 4.83 Å². The maximum atomic E-state index is 10.2. The highest BCUT2D eigenvalue weighted by Gasteiger charge is 2.11. The Morgan fingerprint density at radius 2 is 2.20 bits per heavy atom. The molecule has 0 rings (SSSR count). The Morgan fingerprint density at radius 1 is 1.70 bits per heavy atom. The normalized spacial score (nSPS) is 16.3. The SMILES string of the molecule is CC(Br)CO[C@H](C)C(=O)O. The number of halogens is 1. The van der Waals surface area contributed by atoms with Gasteiger partial charge in [-0.15, -0.1) is 0 Å². The van der Waals surface area contributed by atoms with Crippen LogP contribution in [0.3, 0.4) is 0 Å². The summed E-state index contributed by atoms with van der Waals surface area (Å²) in [6.07, 6.45) is -0.708. The summed E-state index contributed by atoms with van der Waals surface area (Å²) in [4.78, 5) is 10.4. The van der Waals surface area contributed by atoms with E-state index in [2.05, 4.69) is 15.9 Å². The summed E-state index contributed by atoms with van der Waals surface area (Å²) in [5, 5.41) is 8.35. The Balaban J connectivity index is 3.40. The second-order valence-electron chi connectivity index (χ2n) is 2.09. The largest absolute Gasteiger partial charge is 0.479 e. The molecule has 1 N–H and O–H groups in total. The minimum atomic E-state index is -0.923. The van der Waals surface area contributed by atoms with E-state index in [0.717, 1.165) is 0 Å². The summed E-state index contributed by atoms with van der Waals surface area (Å²) >= 11 is 3.23. The monoisotopic (exact) mass is 210 g/mol. The summed E-state index contributed by atoms with van der Waals surface area (Å²) in [5.74, 6) is -0.923. The van der Waals surface area contributed by atoms with E-state index < -0.39 is 12.1 Å². The number of aliphatic carboxylic acids is 1. The van der Waals surface area contributed by atoms with E-state index in [-0.39, 0.29) is 4.83 Å². The summed E-state index contributed by atoms with van der Waals surface area (Å²) in [6.45, 7) is 3.83. The number of alkyl halides is 1. The van der Waals surface area contributed by atoms with E-state index in [9.17, 15) is 4.79 Å². The van der Waals surface area contributed by atoms with Gasteiger partial charge < -0.3 is 9.84 Å². The highest BCUT2D eigenvalue weighted by Crippen LogP contribution is 2.00. The maximum Gasteiger partial charge on any atom is 0.332 e. The van der Waals surface area contributed by atoms with Crippen LogP contribution in [0.15, 0.2) is 0 Å². The fourth-order valence-corrected chi connectivity index (χ4v) is 0.501. The molecular formula is C6H11BrO3. The molecule has 4 heteroatoms. The third kappa shape index (κ3) is 4.76. The molecular weight excluding hydrogens is 200 g/mol. The molecule has 0 saturated carbocycles. The van der Waals surface area contributed by atoms with Crippen LogP contribution in [0.1, 0.15) is 13.8 Å². The quantitative estimate of drug-likeness (QED) is 0.712. The third-order valence-corrected chi connectivity index (χ3v) is 1.19. The smallest absolute Gasteiger partial charge is 0.332 e. The Morgan fingerprint density at radius 3 is 2.50 bits per heavy atom. The first-order valence-corrected chi connectivity index (χ1v) is 3.94. The van der Waals surface area contributed by atoms with Crippen molar-refractivity contribution in [2.24, 2.45) is 0 Å². The van der Waals surface area contributed by atoms with Crippen LogP contribution in [-0.4, -0.2) is 28.6 Å². The molecule has 1 unspecified atom stereocenters. The van der Waals surface area contributed by atoms with Crippen molar-refractivity contribution in [1.82, 2.24) is 0 Å². The van der Waals surface area contributed by atoms with Crippen molar-refractivity contribution < 1.29 is 14.6 Å². The van der Waals surface area contributed by atoms with Crippen LogP contribution in [-0.2, 0) is 9.53 Å². The van der Waals surface area contributed by atoms with E-state index in [1.54, 1.807) is 0 Å². The van der Waals surface area contributed by atoms with Gasteiger partial charge in [0.1, 0.15) is 0 Å². The summed E-state index contributed by atoms with van der Waals surface area (Å²) in [7, 11) is 0.